The van der Waals surface area contributed by atoms with Crippen molar-refractivity contribution in [1.29, 1.82) is 10.5 Å². The van der Waals surface area contributed by atoms with Crippen LogP contribution in [0.2, 0.25) is 0 Å². The van der Waals surface area contributed by atoms with Gasteiger partial charge in [-0.15, -0.1) is 11.3 Å². The van der Waals surface area contributed by atoms with E-state index < -0.39 is 29.2 Å². The van der Waals surface area contributed by atoms with Crippen molar-refractivity contribution < 1.29 is 9.18 Å². The molecule has 3 atom stereocenters. The monoisotopic (exact) mass is 425 g/mol. The minimum absolute atomic E-state index is 0.147. The Bertz CT molecular complexity index is 1250. The average molecular weight is 425 g/mol. The molecule has 5 rings (SSSR count). The summed E-state index contributed by atoms with van der Waals surface area (Å²) in [5.41, 5.74) is 0.818. The van der Waals surface area contributed by atoms with Gasteiger partial charge in [-0.05, 0) is 46.3 Å². The molecular formula is C25H16FN3OS. The smallest absolute Gasteiger partial charge is 0.195 e. The molecule has 0 spiro atoms. The number of hydrogen-bond donors (Lipinski definition) is 0. The van der Waals surface area contributed by atoms with Crippen molar-refractivity contribution in [3.8, 4) is 12.1 Å². The average Bonchev–Trinajstić information content (AvgIpc) is 3.44. The molecular weight excluding hydrogens is 409 g/mol. The molecule has 0 radical (unpaired) electrons. The second-order valence-electron chi connectivity index (χ2n) is 7.70. The molecule has 1 saturated heterocycles. The zero-order valence-electron chi connectivity index (χ0n) is 16.3. The first-order chi connectivity index (χ1) is 15.1. The molecule has 0 N–H and O–H groups in total. The summed E-state index contributed by atoms with van der Waals surface area (Å²) in [5.74, 6) is -1.31. The summed E-state index contributed by atoms with van der Waals surface area (Å²) in [5, 5.41) is 22.6. The number of Topliss-reactive ketones (excluding diaryl/α,β-unsaturated/α-hetero) is 1. The van der Waals surface area contributed by atoms with E-state index in [4.69, 9.17) is 0 Å². The number of fused-ring (bicyclic) bond motifs is 3. The van der Waals surface area contributed by atoms with Crippen LogP contribution in [-0.4, -0.2) is 16.7 Å². The minimum Gasteiger partial charge on any atom is -0.357 e. The summed E-state index contributed by atoms with van der Waals surface area (Å²) in [6.07, 6.45) is 3.73. The molecule has 0 aliphatic carbocycles. The van der Waals surface area contributed by atoms with Gasteiger partial charge in [0.1, 0.15) is 11.9 Å². The summed E-state index contributed by atoms with van der Waals surface area (Å²) in [6, 6.07) is 20.1. The molecule has 2 aliphatic rings. The molecule has 2 aliphatic heterocycles. The van der Waals surface area contributed by atoms with E-state index in [1.165, 1.54) is 23.5 Å². The van der Waals surface area contributed by atoms with Gasteiger partial charge in [0.25, 0.3) is 0 Å². The van der Waals surface area contributed by atoms with Crippen LogP contribution in [-0.2, 0) is 0 Å². The topological polar surface area (TPSA) is 67.9 Å². The number of nitriles is 2. The van der Waals surface area contributed by atoms with Gasteiger partial charge in [0.15, 0.2) is 11.2 Å². The highest BCUT2D eigenvalue weighted by molar-refractivity contribution is 7.12. The Balaban J connectivity index is 1.78. The predicted octanol–water partition coefficient (Wildman–Crippen LogP) is 5.30. The molecule has 0 saturated carbocycles. The Hall–Kier alpha value is -3.74. The predicted molar refractivity (Wildman–Crippen MR) is 115 cm³/mol. The van der Waals surface area contributed by atoms with Gasteiger partial charge in [0, 0.05) is 12.1 Å². The van der Waals surface area contributed by atoms with Crippen LogP contribution in [0.25, 0.3) is 6.08 Å². The summed E-state index contributed by atoms with van der Waals surface area (Å²) in [7, 11) is 0. The molecule has 31 heavy (non-hydrogen) atoms. The van der Waals surface area contributed by atoms with E-state index in [2.05, 4.69) is 12.1 Å². The summed E-state index contributed by atoms with van der Waals surface area (Å²) >= 11 is 1.33. The Morgan fingerprint density at radius 1 is 1.03 bits per heavy atom. The fourth-order valence-electron chi connectivity index (χ4n) is 4.90. The van der Waals surface area contributed by atoms with Crippen LogP contribution in [0, 0.1) is 33.9 Å². The van der Waals surface area contributed by atoms with E-state index >= 15 is 0 Å². The number of nitrogens with zero attached hydrogens (tertiary/aromatic N) is 3. The van der Waals surface area contributed by atoms with Crippen LogP contribution in [0.15, 0.2) is 72.2 Å². The van der Waals surface area contributed by atoms with Crippen LogP contribution >= 0.6 is 11.3 Å². The maximum atomic E-state index is 13.7. The zero-order chi connectivity index (χ0) is 21.6. The van der Waals surface area contributed by atoms with Crippen molar-refractivity contribution in [2.75, 3.05) is 0 Å². The number of thiophene rings is 1. The van der Waals surface area contributed by atoms with Gasteiger partial charge in [-0.25, -0.2) is 4.39 Å². The maximum absolute atomic E-state index is 13.7. The van der Waals surface area contributed by atoms with Gasteiger partial charge in [0.05, 0.1) is 23.1 Å². The van der Waals surface area contributed by atoms with E-state index in [9.17, 15) is 19.7 Å². The molecule has 2 aromatic carbocycles. The van der Waals surface area contributed by atoms with Crippen LogP contribution in [0.4, 0.5) is 4.39 Å². The minimum atomic E-state index is -1.53. The molecule has 3 aromatic rings. The van der Waals surface area contributed by atoms with E-state index in [-0.39, 0.29) is 5.78 Å². The largest absolute Gasteiger partial charge is 0.357 e. The van der Waals surface area contributed by atoms with E-state index in [0.717, 1.165) is 11.1 Å². The number of hydrogen-bond acceptors (Lipinski definition) is 5. The van der Waals surface area contributed by atoms with Gasteiger partial charge in [-0.1, -0.05) is 42.5 Å². The second kappa shape index (κ2) is 7.19. The molecule has 1 aromatic heterocycles. The van der Waals surface area contributed by atoms with E-state index in [1.807, 2.05) is 46.8 Å². The number of carbonyl (C=O) groups excluding carboxylic acids is 1. The van der Waals surface area contributed by atoms with Crippen molar-refractivity contribution >= 4 is 23.2 Å². The SMILES string of the molecule is N#CC1(C#N)[C@H](c2ccc(F)cc2)[C@@H](C(=O)c2cccs2)N2C=Cc3ccccc3[C@@H]21. The van der Waals surface area contributed by atoms with Crippen LogP contribution in [0.5, 0.6) is 0 Å². The third-order valence-corrected chi connectivity index (χ3v) is 7.09. The Labute approximate surface area is 183 Å². The fourth-order valence-corrected chi connectivity index (χ4v) is 5.60. The highest BCUT2D eigenvalue weighted by Gasteiger charge is 2.63. The van der Waals surface area contributed by atoms with Crippen molar-refractivity contribution in [3.63, 3.8) is 0 Å². The first-order valence-corrected chi connectivity index (χ1v) is 10.7. The number of rotatable bonds is 3. The Morgan fingerprint density at radius 3 is 2.45 bits per heavy atom. The van der Waals surface area contributed by atoms with Crippen LogP contribution < -0.4 is 0 Å². The van der Waals surface area contributed by atoms with Crippen molar-refractivity contribution in [2.24, 2.45) is 5.41 Å². The summed E-state index contributed by atoms with van der Waals surface area (Å²) in [4.78, 5) is 16.1. The third kappa shape index (κ3) is 2.73. The normalized spacial score (nSPS) is 22.8. The lowest BCUT2D eigenvalue weighted by Crippen LogP contribution is -2.37. The van der Waals surface area contributed by atoms with Gasteiger partial charge in [-0.2, -0.15) is 10.5 Å². The summed E-state index contributed by atoms with van der Waals surface area (Å²) < 4.78 is 13.7. The van der Waals surface area contributed by atoms with Crippen molar-refractivity contribution in [1.82, 2.24) is 4.90 Å². The lowest BCUT2D eigenvalue weighted by atomic mass is 9.67. The maximum Gasteiger partial charge on any atom is 0.195 e. The number of benzene rings is 2. The Kier molecular flexibility index (Phi) is 4.46. The Morgan fingerprint density at radius 2 is 1.77 bits per heavy atom. The van der Waals surface area contributed by atoms with Gasteiger partial charge >= 0.3 is 0 Å². The molecule has 4 nitrogen and oxygen atoms in total. The molecule has 150 valence electrons. The van der Waals surface area contributed by atoms with Gasteiger partial charge in [0.2, 0.25) is 0 Å². The molecule has 1 fully saturated rings. The lowest BCUT2D eigenvalue weighted by Gasteiger charge is -2.34. The molecule has 0 amide bonds. The van der Waals surface area contributed by atoms with Crippen LogP contribution in [0.1, 0.15) is 38.3 Å². The van der Waals surface area contributed by atoms with Crippen molar-refractivity contribution in [3.05, 3.63) is 99.6 Å². The van der Waals surface area contributed by atoms with Gasteiger partial charge < -0.3 is 4.90 Å². The number of ketones is 1. The highest BCUT2D eigenvalue weighted by Crippen LogP contribution is 2.60. The molecule has 3 heterocycles. The zero-order valence-corrected chi connectivity index (χ0v) is 17.1. The standard InChI is InChI=1S/C25H16FN3OS/c26-18-9-7-17(8-10-18)21-22(23(30)20-6-3-13-31-20)29-12-11-16-4-1-2-5-19(16)24(29)25(21,14-27)15-28/h1-13,21-22,24H/t21-,22+,24-/m1/s1. The number of carbonyl (C=O) groups is 1. The quantitative estimate of drug-likeness (QED) is 0.534. The highest BCUT2D eigenvalue weighted by atomic mass is 32.1. The van der Waals surface area contributed by atoms with E-state index in [1.54, 1.807) is 24.3 Å². The van der Waals surface area contributed by atoms with E-state index in [0.29, 0.717) is 10.4 Å². The third-order valence-electron chi connectivity index (χ3n) is 6.21. The molecule has 0 bridgehead atoms. The first-order valence-electron chi connectivity index (χ1n) is 9.81. The number of halogens is 1. The second-order valence-corrected chi connectivity index (χ2v) is 8.65. The molecule has 0 unspecified atom stereocenters. The molecule has 6 heteroatoms. The summed E-state index contributed by atoms with van der Waals surface area (Å²) in [6.45, 7) is 0. The first kappa shape index (κ1) is 19.2. The lowest BCUT2D eigenvalue weighted by molar-refractivity contribution is 0.0879. The fraction of sp³-hybridized carbons (Fsp3) is 0.160. The van der Waals surface area contributed by atoms with Gasteiger partial charge in [-0.3, -0.25) is 4.79 Å². The van der Waals surface area contributed by atoms with Crippen molar-refractivity contribution in [2.45, 2.75) is 18.0 Å². The van der Waals surface area contributed by atoms with Crippen LogP contribution in [0.3, 0.4) is 0 Å².